The normalized spacial score (nSPS) is 10.6. The molecule has 0 aliphatic heterocycles. The molecule has 0 heterocycles. The number of anilines is 2. The summed E-state index contributed by atoms with van der Waals surface area (Å²) in [6, 6.07) is 21.9. The lowest BCUT2D eigenvalue weighted by molar-refractivity contribution is -0.104. The molecule has 0 spiro atoms. The lowest BCUT2D eigenvalue weighted by Gasteiger charge is -2.15. The minimum Gasteiger partial charge on any atom is -0.495 e. The Morgan fingerprint density at radius 3 is 2.63 bits per heavy atom. The molecule has 0 aliphatic rings. The Kier molecular flexibility index (Phi) is 7.72. The average Bonchev–Trinajstić information content (AvgIpc) is 2.78. The fraction of sp³-hybridized carbons (Fsp3) is 0.0833. The zero-order valence-electron chi connectivity index (χ0n) is 16.3. The van der Waals surface area contributed by atoms with Crippen molar-refractivity contribution in [3.63, 3.8) is 0 Å². The van der Waals surface area contributed by atoms with Crippen LogP contribution in [0.25, 0.3) is 6.08 Å². The fourth-order valence-electron chi connectivity index (χ4n) is 2.82. The smallest absolute Gasteiger partial charge is 0.143 e. The third-order valence-corrected chi connectivity index (χ3v) is 6.03. The number of halogens is 1. The molecule has 30 heavy (non-hydrogen) atoms. The van der Waals surface area contributed by atoms with Crippen LogP contribution < -0.4 is 10.1 Å². The van der Waals surface area contributed by atoms with Crippen molar-refractivity contribution < 1.29 is 9.53 Å². The van der Waals surface area contributed by atoms with Gasteiger partial charge in [0.1, 0.15) is 18.1 Å². The second-order valence-electron chi connectivity index (χ2n) is 6.29. The van der Waals surface area contributed by atoms with Gasteiger partial charge in [0.2, 0.25) is 0 Å². The van der Waals surface area contributed by atoms with Gasteiger partial charge in [-0.2, -0.15) is 5.26 Å². The molecule has 0 aliphatic carbocycles. The lowest BCUT2D eigenvalue weighted by atomic mass is 10.1. The minimum absolute atomic E-state index is 0.498. The number of hydrogen-bond donors (Lipinski definition) is 1. The van der Waals surface area contributed by atoms with Crippen LogP contribution in [0.2, 0.25) is 0 Å². The molecular formula is C24H19BrN2O2S. The van der Waals surface area contributed by atoms with Gasteiger partial charge in [0.05, 0.1) is 18.4 Å². The summed E-state index contributed by atoms with van der Waals surface area (Å²) in [6.07, 6.45) is 3.98. The second-order valence-corrected chi connectivity index (χ2v) is 8.19. The Bertz CT molecular complexity index is 1110. The highest BCUT2D eigenvalue weighted by Crippen LogP contribution is 2.35. The van der Waals surface area contributed by atoms with Gasteiger partial charge in [-0.15, -0.1) is 11.8 Å². The molecule has 0 fully saturated rings. The first-order valence-electron chi connectivity index (χ1n) is 9.12. The molecule has 0 saturated carbocycles. The highest BCUT2D eigenvalue weighted by Gasteiger charge is 2.11. The molecule has 3 aromatic carbocycles. The molecule has 150 valence electrons. The third kappa shape index (κ3) is 5.53. The summed E-state index contributed by atoms with van der Waals surface area (Å²) >= 11 is 5.11. The van der Waals surface area contributed by atoms with Gasteiger partial charge in [0.25, 0.3) is 0 Å². The van der Waals surface area contributed by atoms with E-state index in [0.717, 1.165) is 28.2 Å². The zero-order chi connectivity index (χ0) is 21.3. The van der Waals surface area contributed by atoms with Crippen molar-refractivity contribution in [2.75, 3.05) is 12.4 Å². The summed E-state index contributed by atoms with van der Waals surface area (Å²) in [5.41, 5.74) is 4.09. The molecular weight excluding hydrogens is 460 g/mol. The van der Waals surface area contributed by atoms with Crippen LogP contribution in [-0.4, -0.2) is 13.4 Å². The summed E-state index contributed by atoms with van der Waals surface area (Å²) in [5.74, 6) is 1.46. The van der Waals surface area contributed by atoms with Crippen molar-refractivity contribution in [3.05, 3.63) is 87.9 Å². The maximum absolute atomic E-state index is 10.9. The van der Waals surface area contributed by atoms with Crippen LogP contribution in [0.5, 0.6) is 5.75 Å². The molecule has 0 saturated heterocycles. The first-order valence-corrected chi connectivity index (χ1v) is 10.9. The largest absolute Gasteiger partial charge is 0.495 e. The molecule has 1 N–H and O–H groups in total. The predicted octanol–water partition coefficient (Wildman–Crippen LogP) is 6.58. The minimum atomic E-state index is 0.498. The molecule has 0 unspecified atom stereocenters. The summed E-state index contributed by atoms with van der Waals surface area (Å²) in [4.78, 5) is 12.0. The van der Waals surface area contributed by atoms with Crippen LogP contribution in [0.15, 0.2) is 76.1 Å². The van der Waals surface area contributed by atoms with E-state index in [1.807, 2.05) is 36.4 Å². The number of nitrogens with one attached hydrogen (secondary N) is 1. The van der Waals surface area contributed by atoms with E-state index in [1.165, 1.54) is 11.6 Å². The fourth-order valence-corrected chi connectivity index (χ4v) is 4.13. The number of thioether (sulfide) groups is 1. The van der Waals surface area contributed by atoms with Gasteiger partial charge in [-0.05, 0) is 69.5 Å². The molecule has 6 heteroatoms. The number of hydrogen-bond acceptors (Lipinski definition) is 5. The molecule has 0 radical (unpaired) electrons. The first kappa shape index (κ1) is 21.7. The summed E-state index contributed by atoms with van der Waals surface area (Å²) in [7, 11) is 1.58. The molecule has 0 atom stereocenters. The quantitative estimate of drug-likeness (QED) is 0.225. The van der Waals surface area contributed by atoms with Gasteiger partial charge < -0.3 is 10.1 Å². The van der Waals surface area contributed by atoms with E-state index in [2.05, 4.69) is 39.4 Å². The number of carbonyl (C=O) groups is 1. The van der Waals surface area contributed by atoms with Gasteiger partial charge in [-0.3, -0.25) is 4.79 Å². The third-order valence-electron chi connectivity index (χ3n) is 4.30. The van der Waals surface area contributed by atoms with Crippen LogP contribution in [0.4, 0.5) is 11.4 Å². The van der Waals surface area contributed by atoms with E-state index in [9.17, 15) is 10.1 Å². The van der Waals surface area contributed by atoms with Crippen LogP contribution in [-0.2, 0) is 10.5 Å². The van der Waals surface area contributed by atoms with Gasteiger partial charge >= 0.3 is 0 Å². The average molecular weight is 479 g/mol. The maximum atomic E-state index is 10.9. The molecule has 4 nitrogen and oxygen atoms in total. The van der Waals surface area contributed by atoms with Crippen molar-refractivity contribution in [2.45, 2.75) is 10.6 Å². The van der Waals surface area contributed by atoms with E-state index < -0.39 is 0 Å². The molecule has 0 aromatic heterocycles. The summed E-state index contributed by atoms with van der Waals surface area (Å²) in [5, 5.41) is 12.7. The first-order chi connectivity index (χ1) is 14.6. The van der Waals surface area contributed by atoms with Crippen molar-refractivity contribution in [3.8, 4) is 11.8 Å². The van der Waals surface area contributed by atoms with Gasteiger partial charge in [0.15, 0.2) is 0 Å². The Morgan fingerprint density at radius 1 is 1.13 bits per heavy atom. The van der Waals surface area contributed by atoms with E-state index in [-0.39, 0.29) is 0 Å². The number of rotatable bonds is 8. The van der Waals surface area contributed by atoms with Crippen LogP contribution in [0.3, 0.4) is 0 Å². The second kappa shape index (κ2) is 10.7. The number of benzene rings is 3. The lowest BCUT2D eigenvalue weighted by Crippen LogP contribution is -1.98. The van der Waals surface area contributed by atoms with E-state index in [0.29, 0.717) is 21.5 Å². The molecule has 0 bridgehead atoms. The molecule has 3 rings (SSSR count). The van der Waals surface area contributed by atoms with Crippen LogP contribution in [0.1, 0.15) is 16.7 Å². The number of nitrogens with zero attached hydrogens (tertiary/aromatic N) is 1. The van der Waals surface area contributed by atoms with Gasteiger partial charge in [-0.25, -0.2) is 0 Å². The number of ether oxygens (including phenoxy) is 1. The van der Waals surface area contributed by atoms with Crippen LogP contribution in [0, 0.1) is 11.3 Å². The highest BCUT2D eigenvalue weighted by molar-refractivity contribution is 9.10. The molecule has 3 aromatic rings. The van der Waals surface area contributed by atoms with Crippen LogP contribution >= 0.6 is 27.7 Å². The summed E-state index contributed by atoms with van der Waals surface area (Å²) < 4.78 is 6.12. The SMILES string of the molecule is COc1cc(Br)c(C#N)cc1Nc1ccc(SCc2ccccc2)cc1/C=C/C=O. The molecule has 0 amide bonds. The van der Waals surface area contributed by atoms with Crippen molar-refractivity contribution in [1.29, 1.82) is 5.26 Å². The number of allylic oxidation sites excluding steroid dienone is 1. The Morgan fingerprint density at radius 2 is 1.93 bits per heavy atom. The number of methoxy groups -OCH3 is 1. The topological polar surface area (TPSA) is 62.1 Å². The van der Waals surface area contributed by atoms with E-state index >= 15 is 0 Å². The van der Waals surface area contributed by atoms with Crippen molar-refractivity contribution >= 4 is 51.4 Å². The van der Waals surface area contributed by atoms with Gasteiger partial charge in [0, 0.05) is 20.8 Å². The van der Waals surface area contributed by atoms with E-state index in [4.69, 9.17) is 4.74 Å². The maximum Gasteiger partial charge on any atom is 0.143 e. The Labute approximate surface area is 188 Å². The number of nitriles is 1. The highest BCUT2D eigenvalue weighted by atomic mass is 79.9. The number of aldehydes is 1. The number of carbonyl (C=O) groups excluding carboxylic acids is 1. The Balaban J connectivity index is 1.90. The monoisotopic (exact) mass is 478 g/mol. The van der Waals surface area contributed by atoms with Crippen molar-refractivity contribution in [2.24, 2.45) is 0 Å². The standard InChI is InChI=1S/C24H19BrN2O2S/c1-29-24-14-21(25)19(15-26)13-23(24)27-22-10-9-20(12-18(22)8-5-11-28)30-16-17-6-3-2-4-7-17/h2-14,27H,16H2,1H3/b8-5+. The predicted molar refractivity (Wildman–Crippen MR) is 126 cm³/mol. The zero-order valence-corrected chi connectivity index (χ0v) is 18.7. The van der Waals surface area contributed by atoms with Crippen molar-refractivity contribution in [1.82, 2.24) is 0 Å². The van der Waals surface area contributed by atoms with Gasteiger partial charge in [-0.1, -0.05) is 30.3 Å². The summed E-state index contributed by atoms with van der Waals surface area (Å²) in [6.45, 7) is 0. The van der Waals surface area contributed by atoms with E-state index in [1.54, 1.807) is 37.1 Å². The Hall–Kier alpha value is -3.01.